The second-order valence-corrected chi connectivity index (χ2v) is 22.7. The minimum Gasteiger partial charge on any atom is -0.494 e. The fourth-order valence-electron chi connectivity index (χ4n) is 10.1. The van der Waals surface area contributed by atoms with Crippen molar-refractivity contribution in [3.05, 3.63) is 213 Å². The molecule has 0 bridgehead atoms. The van der Waals surface area contributed by atoms with Gasteiger partial charge in [-0.2, -0.15) is 10.5 Å². The van der Waals surface area contributed by atoms with Crippen LogP contribution in [0.15, 0.2) is 152 Å². The highest BCUT2D eigenvalue weighted by atomic mass is 16.6. The van der Waals surface area contributed by atoms with Crippen molar-refractivity contribution in [1.29, 1.82) is 10.5 Å². The number of hydrogen-bond acceptors (Lipinski definition) is 16. The Morgan fingerprint density at radius 3 is 1.02 bits per heavy atom. The van der Waals surface area contributed by atoms with Crippen LogP contribution in [0.3, 0.4) is 0 Å². The van der Waals surface area contributed by atoms with Crippen LogP contribution in [0.5, 0.6) is 34.5 Å². The molecule has 0 amide bonds. The molecule has 0 fully saturated rings. The van der Waals surface area contributed by atoms with Gasteiger partial charge in [0.05, 0.1) is 58.7 Å². The number of esters is 6. The lowest BCUT2D eigenvalue weighted by atomic mass is 10.0. The fourth-order valence-corrected chi connectivity index (χ4v) is 10.1. The Balaban J connectivity index is 1.01. The zero-order chi connectivity index (χ0) is 66.0. The van der Waals surface area contributed by atoms with Crippen LogP contribution in [0.2, 0.25) is 0 Å². The molecule has 7 rings (SSSR count). The number of nitrogens with zero attached hydrogens (tertiary/aromatic N) is 2. The van der Waals surface area contributed by atoms with Crippen molar-refractivity contribution < 1.29 is 66.7 Å². The van der Waals surface area contributed by atoms with E-state index in [0.29, 0.717) is 47.0 Å². The zero-order valence-corrected chi connectivity index (χ0v) is 53.5. The molecule has 0 heterocycles. The summed E-state index contributed by atoms with van der Waals surface area (Å²) in [7, 11) is 0. The van der Waals surface area contributed by atoms with Gasteiger partial charge in [0.15, 0.2) is 0 Å². The Kier molecular flexibility index (Phi) is 29.2. The number of rotatable bonds is 38. The molecular weight excluding hydrogens is 1180 g/mol. The Hall–Kier alpha value is -10.1. The zero-order valence-electron chi connectivity index (χ0n) is 53.5. The van der Waals surface area contributed by atoms with E-state index in [1.807, 2.05) is 12.1 Å². The maximum Gasteiger partial charge on any atom is 0.343 e. The number of carbonyl (C=O) groups is 6. The van der Waals surface area contributed by atoms with Crippen LogP contribution >= 0.6 is 0 Å². The van der Waals surface area contributed by atoms with Crippen molar-refractivity contribution in [2.45, 2.75) is 162 Å². The smallest absolute Gasteiger partial charge is 0.343 e. The molecule has 0 aliphatic rings. The lowest BCUT2D eigenvalue weighted by Gasteiger charge is -2.15. The third kappa shape index (κ3) is 23.3. The van der Waals surface area contributed by atoms with Gasteiger partial charge in [-0.25, -0.2) is 28.8 Å². The first kappa shape index (κ1) is 70.4. The molecule has 0 aliphatic heterocycles. The van der Waals surface area contributed by atoms with E-state index in [1.54, 1.807) is 97.1 Å². The lowest BCUT2D eigenvalue weighted by molar-refractivity contribution is 0.0456. The number of benzene rings is 7. The van der Waals surface area contributed by atoms with Crippen LogP contribution in [0.25, 0.3) is 0 Å². The van der Waals surface area contributed by atoms with Crippen molar-refractivity contribution in [2.75, 3.05) is 13.2 Å². The van der Waals surface area contributed by atoms with Crippen LogP contribution < -0.4 is 28.4 Å². The van der Waals surface area contributed by atoms with Gasteiger partial charge < -0.3 is 37.9 Å². The summed E-state index contributed by atoms with van der Waals surface area (Å²) in [6.45, 7) is 6.57. The third-order valence-electron chi connectivity index (χ3n) is 15.6. The summed E-state index contributed by atoms with van der Waals surface area (Å²) < 4.78 is 46.3. The minimum atomic E-state index is -0.992. The number of carbonyl (C=O) groups excluding carboxylic acids is 6. The van der Waals surface area contributed by atoms with E-state index in [2.05, 4.69) is 13.8 Å². The van der Waals surface area contributed by atoms with E-state index < -0.39 is 35.8 Å². The van der Waals surface area contributed by atoms with Crippen molar-refractivity contribution >= 4 is 35.8 Å². The van der Waals surface area contributed by atoms with Crippen LogP contribution in [0, 0.1) is 29.6 Å². The summed E-state index contributed by atoms with van der Waals surface area (Å²) in [4.78, 5) is 83.2. The molecule has 16 heteroatoms. The second kappa shape index (κ2) is 38.6. The Morgan fingerprint density at radius 1 is 0.344 bits per heavy atom. The number of ether oxygens (including phenoxy) is 8. The van der Waals surface area contributed by atoms with Gasteiger partial charge in [0.1, 0.15) is 58.8 Å². The van der Waals surface area contributed by atoms with E-state index >= 15 is 0 Å². The standard InChI is InChI=1S/C77H82N2O14/c1-4-6-8-10-12-14-16-18-20-22-47-86-62-39-35-60(36-40-62)72(80)90-64-43-45-70(68(49-64)74(82)88-53-58-31-27-56(51-78)28-32-58)92-76(84)66-25-24-26-67(55(66)3)77(85)93-71-46-44-65(50-69(71)75(83)89-54-59-33-29-57(52-79)30-34-59)91-73(81)61-37-41-63(42-38-61)87-48-23-21-19-17-15-13-11-9-7-5-2/h24-46,49-50H,4-23,47-48,53-54H2,1-3H3. The van der Waals surface area contributed by atoms with Gasteiger partial charge in [-0.1, -0.05) is 160 Å². The molecule has 93 heavy (non-hydrogen) atoms. The summed E-state index contributed by atoms with van der Waals surface area (Å²) in [5.41, 5.74) is 1.67. The topological polar surface area (TPSA) is 224 Å². The monoisotopic (exact) mass is 1260 g/mol. The van der Waals surface area contributed by atoms with E-state index in [9.17, 15) is 39.3 Å². The maximum atomic E-state index is 14.2. The molecule has 484 valence electrons. The third-order valence-corrected chi connectivity index (χ3v) is 15.6. The molecular formula is C77H82N2O14. The SMILES string of the molecule is CCCCCCCCCCCCOc1ccc(C(=O)Oc2ccc(OC(=O)c3cccc(C(=O)Oc4ccc(OC(=O)c5ccc(OCCCCCCCCCCCC)cc5)cc4C(=O)OCc4ccc(C#N)cc4)c3C)c(C(=O)OCc3ccc(C#N)cc3)c2)cc1. The van der Waals surface area contributed by atoms with E-state index in [1.165, 1.54) is 164 Å². The molecule has 0 atom stereocenters. The van der Waals surface area contributed by atoms with Crippen LogP contribution in [-0.2, 0) is 22.7 Å². The molecule has 0 unspecified atom stereocenters. The average Bonchev–Trinajstić information content (AvgIpc) is 0.924. The first-order chi connectivity index (χ1) is 45.3. The Morgan fingerprint density at radius 2 is 0.677 bits per heavy atom. The first-order valence-electron chi connectivity index (χ1n) is 32.4. The quantitative estimate of drug-likeness (QED) is 0.0199. The molecule has 0 N–H and O–H groups in total. The summed E-state index contributed by atoms with van der Waals surface area (Å²) in [6, 6.07) is 41.7. The molecule has 0 saturated carbocycles. The molecule has 7 aromatic rings. The molecule has 0 saturated heterocycles. The highest BCUT2D eigenvalue weighted by Crippen LogP contribution is 2.31. The van der Waals surface area contributed by atoms with Crippen molar-refractivity contribution in [2.24, 2.45) is 0 Å². The predicted octanol–water partition coefficient (Wildman–Crippen LogP) is 17.9. The summed E-state index contributed by atoms with van der Waals surface area (Å²) in [5.74, 6) is -4.82. The van der Waals surface area contributed by atoms with Gasteiger partial charge in [0.25, 0.3) is 0 Å². The van der Waals surface area contributed by atoms with Gasteiger partial charge >= 0.3 is 35.8 Å². The van der Waals surface area contributed by atoms with Crippen molar-refractivity contribution in [1.82, 2.24) is 0 Å². The van der Waals surface area contributed by atoms with E-state index in [4.69, 9.17) is 37.9 Å². The highest BCUT2D eigenvalue weighted by molar-refractivity contribution is 6.02. The van der Waals surface area contributed by atoms with Crippen molar-refractivity contribution in [3.63, 3.8) is 0 Å². The predicted molar refractivity (Wildman–Crippen MR) is 352 cm³/mol. The Bertz CT molecular complexity index is 3420. The van der Waals surface area contributed by atoms with Crippen LogP contribution in [-0.4, -0.2) is 49.0 Å². The summed E-state index contributed by atoms with van der Waals surface area (Å²) in [5, 5.41) is 18.6. The minimum absolute atomic E-state index is 0.0683. The molecule has 0 aromatic heterocycles. The second-order valence-electron chi connectivity index (χ2n) is 22.7. The molecule has 0 aliphatic carbocycles. The Labute approximate surface area is 545 Å². The number of unbranched alkanes of at least 4 members (excludes halogenated alkanes) is 18. The molecule has 0 spiro atoms. The lowest BCUT2D eigenvalue weighted by Crippen LogP contribution is -2.18. The highest BCUT2D eigenvalue weighted by Gasteiger charge is 2.26. The summed E-state index contributed by atoms with van der Waals surface area (Å²) in [6.07, 6.45) is 24.2. The van der Waals surface area contributed by atoms with Crippen LogP contribution in [0.1, 0.15) is 232 Å². The van der Waals surface area contributed by atoms with E-state index in [0.717, 1.165) is 25.7 Å². The average molecular weight is 1260 g/mol. The maximum absolute atomic E-state index is 14.2. The largest absolute Gasteiger partial charge is 0.494 e. The first-order valence-corrected chi connectivity index (χ1v) is 32.4. The molecule has 16 nitrogen and oxygen atoms in total. The van der Waals surface area contributed by atoms with Gasteiger partial charge in [0.2, 0.25) is 0 Å². The summed E-state index contributed by atoms with van der Waals surface area (Å²) >= 11 is 0. The van der Waals surface area contributed by atoms with Gasteiger partial charge in [-0.3, -0.25) is 0 Å². The number of nitriles is 2. The van der Waals surface area contributed by atoms with E-state index in [-0.39, 0.29) is 75.2 Å². The molecule has 0 radical (unpaired) electrons. The van der Waals surface area contributed by atoms with Crippen molar-refractivity contribution in [3.8, 4) is 46.6 Å². The van der Waals surface area contributed by atoms with Crippen LogP contribution in [0.4, 0.5) is 0 Å². The van der Waals surface area contributed by atoms with Gasteiger partial charge in [-0.05, 0) is 158 Å². The van der Waals surface area contributed by atoms with Gasteiger partial charge in [0, 0.05) is 0 Å². The normalized spacial score (nSPS) is 10.7. The van der Waals surface area contributed by atoms with Gasteiger partial charge in [-0.15, -0.1) is 0 Å². The molecule has 7 aromatic carbocycles. The number of hydrogen-bond donors (Lipinski definition) is 0. The fraction of sp³-hybridized carbons (Fsp3) is 0.351.